The molecule has 0 aliphatic carbocycles. The van der Waals surface area contributed by atoms with Gasteiger partial charge in [-0.2, -0.15) is 0 Å². The Morgan fingerprint density at radius 2 is 1.57 bits per heavy atom. The molecule has 1 aromatic heterocycles. The third-order valence-electron chi connectivity index (χ3n) is 3.14. The number of hydrogen-bond donors (Lipinski definition) is 2. The molecule has 0 aliphatic rings. The lowest BCUT2D eigenvalue weighted by atomic mass is 10.1. The summed E-state index contributed by atoms with van der Waals surface area (Å²) in [6, 6.07) is 5.38. The highest BCUT2D eigenvalue weighted by Crippen LogP contribution is 2.26. The topological polar surface area (TPSA) is 71.1 Å². The van der Waals surface area contributed by atoms with Crippen molar-refractivity contribution in [1.29, 1.82) is 0 Å². The van der Waals surface area contributed by atoms with Crippen LogP contribution in [-0.4, -0.2) is 20.4 Å². The molecule has 0 bridgehead atoms. The molecule has 6 heteroatoms. The molecular weight excluding hydrogens is 286 g/mol. The van der Waals surface area contributed by atoms with E-state index in [0.29, 0.717) is 21.7 Å². The smallest absolute Gasteiger partial charge is 0.262 e. The molecule has 0 amide bonds. The molecule has 0 aliphatic heterocycles. The van der Waals surface area contributed by atoms with Crippen molar-refractivity contribution in [3.05, 3.63) is 47.3 Å². The maximum atomic E-state index is 12.6. The number of hydrogen-bond acceptors (Lipinski definition) is 4. The molecule has 0 saturated carbocycles. The van der Waals surface area contributed by atoms with Crippen molar-refractivity contribution >= 4 is 21.4 Å². The maximum absolute atomic E-state index is 12.6. The third kappa shape index (κ3) is 3.33. The molecular formula is C15H19N3O2S. The molecule has 0 saturated heterocycles. The molecule has 0 spiro atoms. The number of aryl methyl sites for hydroxylation is 3. The van der Waals surface area contributed by atoms with E-state index in [1.165, 1.54) is 6.20 Å². The second-order valence-electron chi connectivity index (χ2n) is 5.05. The number of sulfonamides is 1. The molecule has 2 rings (SSSR count). The second kappa shape index (κ2) is 5.73. The van der Waals surface area contributed by atoms with Crippen LogP contribution in [0.15, 0.2) is 35.5 Å². The maximum Gasteiger partial charge on any atom is 0.262 e. The molecule has 0 unspecified atom stereocenters. The zero-order valence-corrected chi connectivity index (χ0v) is 13.4. The minimum absolute atomic E-state index is 0.308. The Bertz CT molecular complexity index is 747. The first-order chi connectivity index (χ1) is 9.83. The lowest BCUT2D eigenvalue weighted by Gasteiger charge is -2.14. The second-order valence-corrected chi connectivity index (χ2v) is 6.66. The Balaban J connectivity index is 2.45. The lowest BCUT2D eigenvalue weighted by molar-refractivity contribution is 0.600. The Morgan fingerprint density at radius 1 is 0.952 bits per heavy atom. The van der Waals surface area contributed by atoms with Gasteiger partial charge in [0.05, 0.1) is 16.8 Å². The van der Waals surface area contributed by atoms with E-state index in [-0.39, 0.29) is 0 Å². The normalized spacial score (nSPS) is 11.2. The fraction of sp³-hybridized carbons (Fsp3) is 0.267. The van der Waals surface area contributed by atoms with Gasteiger partial charge >= 0.3 is 0 Å². The van der Waals surface area contributed by atoms with Gasteiger partial charge in [0.25, 0.3) is 10.0 Å². The summed E-state index contributed by atoms with van der Waals surface area (Å²) >= 11 is 0. The summed E-state index contributed by atoms with van der Waals surface area (Å²) in [6.45, 7) is 5.44. The molecule has 1 aromatic carbocycles. The molecule has 5 nitrogen and oxygen atoms in total. The molecule has 1 heterocycles. The molecule has 0 radical (unpaired) electrons. The minimum atomic E-state index is -3.63. The quantitative estimate of drug-likeness (QED) is 0.911. The van der Waals surface area contributed by atoms with Crippen LogP contribution in [0.4, 0.5) is 11.4 Å². The average Bonchev–Trinajstić information content (AvgIpc) is 2.36. The number of nitrogens with zero attached hydrogens (tertiary/aromatic N) is 1. The zero-order valence-electron chi connectivity index (χ0n) is 12.6. The van der Waals surface area contributed by atoms with E-state index in [2.05, 4.69) is 15.0 Å². The fourth-order valence-electron chi connectivity index (χ4n) is 2.34. The summed E-state index contributed by atoms with van der Waals surface area (Å²) in [5.41, 5.74) is 3.65. The predicted octanol–water partition coefficient (Wildman–Crippen LogP) is 2.85. The van der Waals surface area contributed by atoms with Crippen molar-refractivity contribution in [2.75, 3.05) is 17.1 Å². The predicted molar refractivity (Wildman–Crippen MR) is 85.2 cm³/mol. The van der Waals surface area contributed by atoms with Gasteiger partial charge < -0.3 is 5.32 Å². The van der Waals surface area contributed by atoms with Gasteiger partial charge in [0.1, 0.15) is 0 Å². The van der Waals surface area contributed by atoms with Crippen molar-refractivity contribution < 1.29 is 8.42 Å². The largest absolute Gasteiger partial charge is 0.388 e. The first kappa shape index (κ1) is 15.3. The van der Waals surface area contributed by atoms with E-state index in [1.54, 1.807) is 33.2 Å². The van der Waals surface area contributed by atoms with Crippen LogP contribution in [0, 0.1) is 20.8 Å². The summed E-state index contributed by atoms with van der Waals surface area (Å²) in [4.78, 5) is 4.31. The van der Waals surface area contributed by atoms with Crippen molar-refractivity contribution in [1.82, 2.24) is 4.98 Å². The minimum Gasteiger partial charge on any atom is -0.388 e. The highest BCUT2D eigenvalue weighted by molar-refractivity contribution is 7.92. The van der Waals surface area contributed by atoms with Gasteiger partial charge in [0.15, 0.2) is 0 Å². The average molecular weight is 305 g/mol. The zero-order chi connectivity index (χ0) is 15.6. The number of anilines is 2. The number of benzene rings is 1. The van der Waals surface area contributed by atoms with Crippen LogP contribution in [0.3, 0.4) is 0 Å². The molecule has 112 valence electrons. The van der Waals surface area contributed by atoms with Crippen LogP contribution in [0.1, 0.15) is 16.7 Å². The van der Waals surface area contributed by atoms with Crippen LogP contribution in [0.2, 0.25) is 0 Å². The van der Waals surface area contributed by atoms with Gasteiger partial charge in [-0.25, -0.2) is 8.42 Å². The van der Waals surface area contributed by atoms with Gasteiger partial charge in [-0.15, -0.1) is 0 Å². The SMILES string of the molecule is CNc1cc(C)c(S(=O)(=O)Nc2cncc(C)c2)c(C)c1. The first-order valence-electron chi connectivity index (χ1n) is 6.57. The standard InChI is InChI=1S/C15H19N3O2S/c1-10-5-14(9-17-8-10)18-21(19,20)15-11(2)6-13(16-4)7-12(15)3/h5-9,16,18H,1-4H3. The Hall–Kier alpha value is -2.08. The van der Waals surface area contributed by atoms with Gasteiger partial charge in [-0.3, -0.25) is 9.71 Å². The lowest BCUT2D eigenvalue weighted by Crippen LogP contribution is -2.16. The first-order valence-corrected chi connectivity index (χ1v) is 8.05. The van der Waals surface area contributed by atoms with Crippen LogP contribution in [0.5, 0.6) is 0 Å². The fourth-order valence-corrected chi connectivity index (χ4v) is 3.83. The van der Waals surface area contributed by atoms with E-state index in [0.717, 1.165) is 11.3 Å². The van der Waals surface area contributed by atoms with E-state index < -0.39 is 10.0 Å². The summed E-state index contributed by atoms with van der Waals surface area (Å²) in [7, 11) is -1.83. The van der Waals surface area contributed by atoms with Gasteiger partial charge in [0, 0.05) is 18.9 Å². The van der Waals surface area contributed by atoms with Gasteiger partial charge in [-0.1, -0.05) is 0 Å². The van der Waals surface area contributed by atoms with Crippen LogP contribution < -0.4 is 10.0 Å². The van der Waals surface area contributed by atoms with Crippen LogP contribution >= 0.6 is 0 Å². The molecule has 2 aromatic rings. The van der Waals surface area contributed by atoms with E-state index >= 15 is 0 Å². The highest BCUT2D eigenvalue weighted by Gasteiger charge is 2.20. The Labute approximate surface area is 125 Å². The van der Waals surface area contributed by atoms with Crippen molar-refractivity contribution in [2.24, 2.45) is 0 Å². The van der Waals surface area contributed by atoms with Gasteiger partial charge in [0.2, 0.25) is 0 Å². The van der Waals surface area contributed by atoms with Crippen LogP contribution in [0.25, 0.3) is 0 Å². The Morgan fingerprint density at radius 3 is 2.10 bits per heavy atom. The number of pyridine rings is 1. The molecule has 0 fully saturated rings. The monoisotopic (exact) mass is 305 g/mol. The molecule has 21 heavy (non-hydrogen) atoms. The summed E-state index contributed by atoms with van der Waals surface area (Å²) in [5.74, 6) is 0. The van der Waals surface area contributed by atoms with Crippen molar-refractivity contribution in [3.8, 4) is 0 Å². The molecule has 0 atom stereocenters. The van der Waals surface area contributed by atoms with E-state index in [9.17, 15) is 8.42 Å². The van der Waals surface area contributed by atoms with Crippen LogP contribution in [-0.2, 0) is 10.0 Å². The summed E-state index contributed by atoms with van der Waals surface area (Å²) in [6.07, 6.45) is 3.17. The van der Waals surface area contributed by atoms with Gasteiger partial charge in [-0.05, 0) is 55.7 Å². The van der Waals surface area contributed by atoms with Crippen molar-refractivity contribution in [3.63, 3.8) is 0 Å². The van der Waals surface area contributed by atoms with E-state index in [1.807, 2.05) is 19.1 Å². The van der Waals surface area contributed by atoms with Crippen molar-refractivity contribution in [2.45, 2.75) is 25.7 Å². The van der Waals surface area contributed by atoms with E-state index in [4.69, 9.17) is 0 Å². The number of rotatable bonds is 4. The number of nitrogens with one attached hydrogen (secondary N) is 2. The third-order valence-corrected chi connectivity index (χ3v) is 4.83. The summed E-state index contributed by atoms with van der Waals surface area (Å²) in [5, 5.41) is 3.02. The molecule has 2 N–H and O–H groups in total. The Kier molecular flexibility index (Phi) is 4.18. The number of aromatic nitrogens is 1. The highest BCUT2D eigenvalue weighted by atomic mass is 32.2. The summed E-state index contributed by atoms with van der Waals surface area (Å²) < 4.78 is 27.8.